The van der Waals surface area contributed by atoms with Gasteiger partial charge in [-0.3, -0.25) is 0 Å². The third kappa shape index (κ3) is 3.51. The maximum absolute atomic E-state index is 10.7. The number of rotatable bonds is 4. The number of nitrogens with zero attached hydrogens (tertiary/aromatic N) is 2. The Balaban J connectivity index is 2.22. The average molecular weight is 290 g/mol. The van der Waals surface area contributed by atoms with E-state index in [-0.39, 0.29) is 22.9 Å². The zero-order valence-corrected chi connectivity index (χ0v) is 13.2. The molecule has 0 aromatic heterocycles. The van der Waals surface area contributed by atoms with Crippen molar-refractivity contribution in [2.24, 2.45) is 20.8 Å². The van der Waals surface area contributed by atoms with E-state index >= 15 is 0 Å². The van der Waals surface area contributed by atoms with Crippen LogP contribution in [-0.2, 0) is 9.59 Å². The SMILES string of the molecule is CC1(CC2(C)CCCCC2N=C=O)CCCCC1N=C=O. The van der Waals surface area contributed by atoms with Gasteiger partial charge in [0.1, 0.15) is 0 Å². The Morgan fingerprint density at radius 1 is 0.857 bits per heavy atom. The molecule has 4 nitrogen and oxygen atoms in total. The van der Waals surface area contributed by atoms with E-state index in [1.165, 1.54) is 12.8 Å². The minimum Gasteiger partial charge on any atom is -0.211 e. The van der Waals surface area contributed by atoms with E-state index in [0.29, 0.717) is 0 Å². The molecule has 4 atom stereocenters. The van der Waals surface area contributed by atoms with Gasteiger partial charge in [-0.2, -0.15) is 0 Å². The van der Waals surface area contributed by atoms with Crippen LogP contribution in [0.25, 0.3) is 0 Å². The van der Waals surface area contributed by atoms with Crippen molar-refractivity contribution in [3.63, 3.8) is 0 Å². The Hall–Kier alpha value is -1.24. The van der Waals surface area contributed by atoms with Gasteiger partial charge >= 0.3 is 0 Å². The lowest BCUT2D eigenvalue weighted by Gasteiger charge is -2.48. The molecule has 0 heterocycles. The lowest BCUT2D eigenvalue weighted by Crippen LogP contribution is -2.44. The van der Waals surface area contributed by atoms with E-state index in [4.69, 9.17) is 0 Å². The summed E-state index contributed by atoms with van der Waals surface area (Å²) in [5.74, 6) is 0. The normalized spacial score (nSPS) is 39.9. The number of hydrogen-bond donors (Lipinski definition) is 0. The van der Waals surface area contributed by atoms with Crippen molar-refractivity contribution in [2.75, 3.05) is 0 Å². The third-order valence-electron chi connectivity index (χ3n) is 5.78. The minimum atomic E-state index is 0.0262. The average Bonchev–Trinajstić information content (AvgIpc) is 2.44. The van der Waals surface area contributed by atoms with Crippen molar-refractivity contribution in [3.05, 3.63) is 0 Å². The molecule has 0 radical (unpaired) electrons. The van der Waals surface area contributed by atoms with Gasteiger partial charge in [-0.05, 0) is 42.9 Å². The first kappa shape index (κ1) is 16.1. The van der Waals surface area contributed by atoms with E-state index in [0.717, 1.165) is 44.9 Å². The van der Waals surface area contributed by atoms with Crippen molar-refractivity contribution >= 4 is 12.2 Å². The van der Waals surface area contributed by atoms with Crippen molar-refractivity contribution in [1.29, 1.82) is 0 Å². The van der Waals surface area contributed by atoms with Crippen LogP contribution in [0.3, 0.4) is 0 Å². The summed E-state index contributed by atoms with van der Waals surface area (Å²) >= 11 is 0. The molecule has 0 amide bonds. The van der Waals surface area contributed by atoms with Crippen molar-refractivity contribution in [2.45, 2.75) is 83.7 Å². The summed E-state index contributed by atoms with van der Waals surface area (Å²) in [4.78, 5) is 29.7. The summed E-state index contributed by atoms with van der Waals surface area (Å²) in [7, 11) is 0. The first-order valence-corrected chi connectivity index (χ1v) is 8.18. The highest BCUT2D eigenvalue weighted by Crippen LogP contribution is 2.51. The second-order valence-electron chi connectivity index (χ2n) is 7.45. The van der Waals surface area contributed by atoms with Gasteiger partial charge in [0, 0.05) is 0 Å². The zero-order valence-electron chi connectivity index (χ0n) is 13.2. The molecule has 4 unspecified atom stereocenters. The van der Waals surface area contributed by atoms with E-state index < -0.39 is 0 Å². The van der Waals surface area contributed by atoms with Gasteiger partial charge in [0.15, 0.2) is 0 Å². The summed E-state index contributed by atoms with van der Waals surface area (Å²) in [5.41, 5.74) is 0.0524. The highest BCUT2D eigenvalue weighted by Gasteiger charge is 2.46. The molecule has 2 aliphatic carbocycles. The maximum atomic E-state index is 10.7. The monoisotopic (exact) mass is 290 g/mol. The van der Waals surface area contributed by atoms with E-state index in [1.54, 1.807) is 12.2 Å². The Morgan fingerprint density at radius 3 is 1.67 bits per heavy atom. The second kappa shape index (κ2) is 6.68. The summed E-state index contributed by atoms with van der Waals surface area (Å²) in [6, 6.07) is 0.145. The van der Waals surface area contributed by atoms with Gasteiger partial charge in [0.2, 0.25) is 12.2 Å². The molecule has 4 heteroatoms. The smallest absolute Gasteiger partial charge is 0.211 e. The molecule has 2 fully saturated rings. The van der Waals surface area contributed by atoms with Crippen LogP contribution < -0.4 is 0 Å². The van der Waals surface area contributed by atoms with Crippen LogP contribution in [-0.4, -0.2) is 24.2 Å². The molecule has 116 valence electrons. The van der Waals surface area contributed by atoms with Gasteiger partial charge < -0.3 is 0 Å². The van der Waals surface area contributed by atoms with Gasteiger partial charge in [0.05, 0.1) is 12.1 Å². The summed E-state index contributed by atoms with van der Waals surface area (Å²) in [6.45, 7) is 4.50. The number of aliphatic imine (C=N–C) groups is 2. The molecular formula is C17H26N2O2. The van der Waals surface area contributed by atoms with Crippen LogP contribution in [0.1, 0.15) is 71.6 Å². The zero-order chi connectivity index (χ0) is 15.3. The first-order chi connectivity index (χ1) is 10.0. The summed E-state index contributed by atoms with van der Waals surface area (Å²) in [5, 5.41) is 0. The van der Waals surface area contributed by atoms with Crippen molar-refractivity contribution in [3.8, 4) is 0 Å². The predicted octanol–water partition coefficient (Wildman–Crippen LogP) is 3.95. The number of hydrogen-bond acceptors (Lipinski definition) is 4. The molecule has 0 saturated heterocycles. The second-order valence-corrected chi connectivity index (χ2v) is 7.45. The Kier molecular flexibility index (Phi) is 5.13. The van der Waals surface area contributed by atoms with Gasteiger partial charge in [0.25, 0.3) is 0 Å². The fourth-order valence-corrected chi connectivity index (χ4v) is 4.67. The highest BCUT2D eigenvalue weighted by molar-refractivity contribution is 5.34. The lowest BCUT2D eigenvalue weighted by atomic mass is 9.58. The largest absolute Gasteiger partial charge is 0.235 e. The molecule has 0 aromatic carbocycles. The van der Waals surface area contributed by atoms with Crippen molar-refractivity contribution in [1.82, 2.24) is 0 Å². The molecule has 2 saturated carbocycles. The molecular weight excluding hydrogens is 264 g/mol. The Bertz CT molecular complexity index is 423. The Labute approximate surface area is 127 Å². The molecule has 0 spiro atoms. The van der Waals surface area contributed by atoms with E-state index in [9.17, 15) is 9.59 Å². The van der Waals surface area contributed by atoms with Gasteiger partial charge in [-0.15, -0.1) is 0 Å². The van der Waals surface area contributed by atoms with Gasteiger partial charge in [-0.25, -0.2) is 19.6 Å². The van der Waals surface area contributed by atoms with E-state index in [1.807, 2.05) is 0 Å². The molecule has 0 aliphatic heterocycles. The highest BCUT2D eigenvalue weighted by atomic mass is 16.1. The quantitative estimate of drug-likeness (QED) is 0.581. The molecule has 21 heavy (non-hydrogen) atoms. The Morgan fingerprint density at radius 2 is 1.29 bits per heavy atom. The fourth-order valence-electron chi connectivity index (χ4n) is 4.67. The maximum Gasteiger partial charge on any atom is 0.235 e. The van der Waals surface area contributed by atoms with Crippen LogP contribution >= 0.6 is 0 Å². The third-order valence-corrected chi connectivity index (χ3v) is 5.78. The lowest BCUT2D eigenvalue weighted by molar-refractivity contribution is 0.0528. The van der Waals surface area contributed by atoms with Crippen LogP contribution in [0.15, 0.2) is 9.98 Å². The predicted molar refractivity (Wildman–Crippen MR) is 81.6 cm³/mol. The molecule has 0 aromatic rings. The fraction of sp³-hybridized carbons (Fsp3) is 0.882. The topological polar surface area (TPSA) is 58.9 Å². The van der Waals surface area contributed by atoms with Crippen molar-refractivity contribution < 1.29 is 9.59 Å². The van der Waals surface area contributed by atoms with Crippen LogP contribution in [0.4, 0.5) is 0 Å². The summed E-state index contributed by atoms with van der Waals surface area (Å²) in [6.07, 6.45) is 13.3. The van der Waals surface area contributed by atoms with E-state index in [2.05, 4.69) is 23.8 Å². The molecule has 2 rings (SSSR count). The van der Waals surface area contributed by atoms with Crippen LogP contribution in [0, 0.1) is 10.8 Å². The summed E-state index contributed by atoms with van der Waals surface area (Å²) < 4.78 is 0. The van der Waals surface area contributed by atoms with Gasteiger partial charge in [-0.1, -0.05) is 39.5 Å². The molecule has 2 aliphatic rings. The standard InChI is InChI=1S/C17H26N2O2/c1-16(9-5-3-7-14(16)18-12-20)11-17(2)10-6-4-8-15(17)19-13-21/h14-15H,3-11H2,1-2H3. The minimum absolute atomic E-state index is 0.0262. The molecule has 0 bridgehead atoms. The van der Waals surface area contributed by atoms with Crippen LogP contribution in [0.2, 0.25) is 0 Å². The first-order valence-electron chi connectivity index (χ1n) is 8.18. The van der Waals surface area contributed by atoms with Crippen LogP contribution in [0.5, 0.6) is 0 Å². The number of isocyanates is 2. The molecule has 0 N–H and O–H groups in total. The number of carbonyl (C=O) groups excluding carboxylic acids is 2.